The van der Waals surface area contributed by atoms with Crippen LogP contribution in [0.1, 0.15) is 17.2 Å². The molecule has 0 aromatic heterocycles. The van der Waals surface area contributed by atoms with E-state index in [9.17, 15) is 0 Å². The van der Waals surface area contributed by atoms with Gasteiger partial charge in [0, 0.05) is 9.50 Å². The van der Waals surface area contributed by atoms with Crippen molar-refractivity contribution < 1.29 is 4.74 Å². The lowest BCUT2D eigenvalue weighted by Gasteiger charge is -2.19. The molecule has 0 heterocycles. The van der Waals surface area contributed by atoms with Gasteiger partial charge in [0.15, 0.2) is 0 Å². The maximum atomic E-state index is 6.29. The number of hydrogen-bond acceptors (Lipinski definition) is 3. The smallest absolute Gasteiger partial charge is 0.122 e. The summed E-state index contributed by atoms with van der Waals surface area (Å²) in [5, 5.41) is 0.678. The Labute approximate surface area is 132 Å². The third kappa shape index (κ3) is 3.52. The van der Waals surface area contributed by atoms with Gasteiger partial charge in [0.1, 0.15) is 5.75 Å². The molecule has 0 amide bonds. The van der Waals surface area contributed by atoms with E-state index < -0.39 is 0 Å². The predicted octanol–water partition coefficient (Wildman–Crippen LogP) is 3.86. The van der Waals surface area contributed by atoms with Crippen LogP contribution in [-0.2, 0) is 6.42 Å². The minimum atomic E-state index is -0.0769. The van der Waals surface area contributed by atoms with Crippen molar-refractivity contribution in [2.45, 2.75) is 12.5 Å². The Bertz CT molecular complexity index is 592. The highest BCUT2D eigenvalue weighted by atomic mass is 79.9. The fraction of sp³-hybridized carbons (Fsp3) is 0.200. The Morgan fingerprint density at radius 1 is 1.30 bits per heavy atom. The van der Waals surface area contributed by atoms with E-state index in [-0.39, 0.29) is 6.04 Å². The minimum absolute atomic E-state index is 0.0769. The highest BCUT2D eigenvalue weighted by molar-refractivity contribution is 9.10. The molecule has 1 unspecified atom stereocenters. The summed E-state index contributed by atoms with van der Waals surface area (Å²) in [4.78, 5) is 0. The molecule has 1 atom stereocenters. The molecular formula is C15H16BrClN2O. The van der Waals surface area contributed by atoms with Gasteiger partial charge in [0.05, 0.1) is 13.2 Å². The number of halogens is 2. The number of methoxy groups -OCH3 is 1. The summed E-state index contributed by atoms with van der Waals surface area (Å²) in [5.41, 5.74) is 4.86. The Hall–Kier alpha value is -1.07. The molecule has 3 nitrogen and oxygen atoms in total. The number of hydrazine groups is 1. The summed E-state index contributed by atoms with van der Waals surface area (Å²) >= 11 is 9.69. The van der Waals surface area contributed by atoms with Crippen molar-refractivity contribution in [3.63, 3.8) is 0 Å². The first kappa shape index (κ1) is 15.3. The fourth-order valence-electron chi connectivity index (χ4n) is 2.13. The van der Waals surface area contributed by atoms with Gasteiger partial charge < -0.3 is 4.74 Å². The predicted molar refractivity (Wildman–Crippen MR) is 85.9 cm³/mol. The zero-order chi connectivity index (χ0) is 14.5. The number of hydrogen-bond donors (Lipinski definition) is 2. The topological polar surface area (TPSA) is 47.3 Å². The first-order valence-electron chi connectivity index (χ1n) is 6.18. The van der Waals surface area contributed by atoms with Crippen LogP contribution in [0.2, 0.25) is 5.02 Å². The second-order valence-corrected chi connectivity index (χ2v) is 5.72. The van der Waals surface area contributed by atoms with Gasteiger partial charge in [0.2, 0.25) is 0 Å². The van der Waals surface area contributed by atoms with Crippen molar-refractivity contribution in [2.75, 3.05) is 7.11 Å². The lowest BCUT2D eigenvalue weighted by molar-refractivity contribution is 0.405. The van der Waals surface area contributed by atoms with E-state index in [4.69, 9.17) is 22.2 Å². The largest absolute Gasteiger partial charge is 0.496 e. The van der Waals surface area contributed by atoms with Crippen molar-refractivity contribution in [3.8, 4) is 5.75 Å². The highest BCUT2D eigenvalue weighted by Gasteiger charge is 2.16. The van der Waals surface area contributed by atoms with Gasteiger partial charge in [-0.2, -0.15) is 0 Å². The van der Waals surface area contributed by atoms with Crippen LogP contribution in [0.5, 0.6) is 5.75 Å². The van der Waals surface area contributed by atoms with Gasteiger partial charge in [-0.3, -0.25) is 11.3 Å². The Morgan fingerprint density at radius 3 is 2.70 bits per heavy atom. The van der Waals surface area contributed by atoms with E-state index in [0.717, 1.165) is 21.3 Å². The van der Waals surface area contributed by atoms with Crippen molar-refractivity contribution in [2.24, 2.45) is 5.84 Å². The molecule has 0 saturated carbocycles. The van der Waals surface area contributed by atoms with E-state index in [2.05, 4.69) is 21.4 Å². The molecule has 0 aliphatic rings. The quantitative estimate of drug-likeness (QED) is 0.632. The summed E-state index contributed by atoms with van der Waals surface area (Å²) in [6, 6.07) is 13.6. The summed E-state index contributed by atoms with van der Waals surface area (Å²) < 4.78 is 6.31. The van der Waals surface area contributed by atoms with Crippen molar-refractivity contribution in [1.29, 1.82) is 0 Å². The zero-order valence-corrected chi connectivity index (χ0v) is 13.4. The molecule has 2 aromatic carbocycles. The molecule has 5 heteroatoms. The monoisotopic (exact) mass is 354 g/mol. The van der Waals surface area contributed by atoms with E-state index in [1.54, 1.807) is 7.11 Å². The average molecular weight is 356 g/mol. The minimum Gasteiger partial charge on any atom is -0.496 e. The van der Waals surface area contributed by atoms with E-state index in [1.807, 2.05) is 42.5 Å². The molecule has 106 valence electrons. The zero-order valence-electron chi connectivity index (χ0n) is 11.1. The molecule has 0 bridgehead atoms. The number of nitrogens with two attached hydrogens (primary N) is 1. The van der Waals surface area contributed by atoms with Crippen LogP contribution < -0.4 is 16.0 Å². The van der Waals surface area contributed by atoms with Gasteiger partial charge in [0.25, 0.3) is 0 Å². The number of nitrogens with one attached hydrogen (secondary N) is 1. The molecule has 0 aliphatic heterocycles. The number of para-hydroxylation sites is 1. The lowest BCUT2D eigenvalue weighted by Crippen LogP contribution is -2.29. The van der Waals surface area contributed by atoms with Gasteiger partial charge in [-0.05, 0) is 35.7 Å². The Kier molecular flexibility index (Phi) is 5.43. The van der Waals surface area contributed by atoms with Crippen LogP contribution in [0, 0.1) is 0 Å². The molecule has 3 N–H and O–H groups in total. The third-order valence-electron chi connectivity index (χ3n) is 3.16. The second-order valence-electron chi connectivity index (χ2n) is 4.40. The third-order valence-corrected chi connectivity index (χ3v) is 3.98. The molecule has 0 radical (unpaired) electrons. The number of rotatable bonds is 5. The first-order chi connectivity index (χ1) is 9.65. The maximum Gasteiger partial charge on any atom is 0.122 e. The van der Waals surface area contributed by atoms with Gasteiger partial charge in [-0.15, -0.1) is 0 Å². The summed E-state index contributed by atoms with van der Waals surface area (Å²) in [6.45, 7) is 0. The highest BCUT2D eigenvalue weighted by Crippen LogP contribution is 2.30. The van der Waals surface area contributed by atoms with E-state index in [1.165, 1.54) is 0 Å². The average Bonchev–Trinajstić information content (AvgIpc) is 2.46. The number of benzene rings is 2. The molecule has 0 saturated heterocycles. The number of ether oxygens (including phenoxy) is 1. The fourth-order valence-corrected chi connectivity index (χ4v) is 2.94. The maximum absolute atomic E-state index is 6.29. The van der Waals surface area contributed by atoms with Crippen LogP contribution in [-0.4, -0.2) is 7.11 Å². The van der Waals surface area contributed by atoms with E-state index in [0.29, 0.717) is 11.4 Å². The first-order valence-corrected chi connectivity index (χ1v) is 7.35. The van der Waals surface area contributed by atoms with Crippen molar-refractivity contribution in [3.05, 3.63) is 63.1 Å². The van der Waals surface area contributed by atoms with Crippen LogP contribution in [0.15, 0.2) is 46.9 Å². The Morgan fingerprint density at radius 2 is 2.05 bits per heavy atom. The SMILES string of the molecule is COc1ccccc1CC(NN)c1ccc(Br)cc1Cl. The lowest BCUT2D eigenvalue weighted by atomic mass is 9.99. The Balaban J connectivity index is 2.29. The van der Waals surface area contributed by atoms with Crippen molar-refractivity contribution in [1.82, 2.24) is 5.43 Å². The van der Waals surface area contributed by atoms with Gasteiger partial charge in [-0.25, -0.2) is 0 Å². The molecular weight excluding hydrogens is 340 g/mol. The van der Waals surface area contributed by atoms with Crippen molar-refractivity contribution >= 4 is 27.5 Å². The normalized spacial score (nSPS) is 12.2. The van der Waals surface area contributed by atoms with Crippen LogP contribution >= 0.6 is 27.5 Å². The standard InChI is InChI=1S/C15H16BrClN2O/c1-20-15-5-3-2-4-10(15)8-14(19-18)12-7-6-11(16)9-13(12)17/h2-7,9,14,19H,8,18H2,1H3. The molecule has 2 aromatic rings. The molecule has 2 rings (SSSR count). The summed E-state index contributed by atoms with van der Waals surface area (Å²) in [6.07, 6.45) is 0.696. The molecule has 20 heavy (non-hydrogen) atoms. The molecule has 0 spiro atoms. The molecule has 0 aliphatic carbocycles. The van der Waals surface area contributed by atoms with Crippen LogP contribution in [0.3, 0.4) is 0 Å². The van der Waals surface area contributed by atoms with Gasteiger partial charge >= 0.3 is 0 Å². The van der Waals surface area contributed by atoms with Gasteiger partial charge in [-0.1, -0.05) is 51.8 Å². The molecule has 0 fully saturated rings. The second kappa shape index (κ2) is 7.09. The van der Waals surface area contributed by atoms with Crippen LogP contribution in [0.4, 0.5) is 0 Å². The van der Waals surface area contributed by atoms with E-state index >= 15 is 0 Å². The van der Waals surface area contributed by atoms with Crippen LogP contribution in [0.25, 0.3) is 0 Å². The summed E-state index contributed by atoms with van der Waals surface area (Å²) in [7, 11) is 1.66. The summed E-state index contributed by atoms with van der Waals surface area (Å²) in [5.74, 6) is 6.54.